The molecular formula is C16H23NO4. The highest BCUT2D eigenvalue weighted by atomic mass is 16.5. The highest BCUT2D eigenvalue weighted by Gasteiger charge is 2.26. The first-order valence-electron chi connectivity index (χ1n) is 7.07. The van der Waals surface area contributed by atoms with Gasteiger partial charge < -0.3 is 14.8 Å². The van der Waals surface area contributed by atoms with Gasteiger partial charge in [-0.2, -0.15) is 0 Å². The van der Waals surface area contributed by atoms with E-state index in [4.69, 9.17) is 9.47 Å². The number of rotatable bonds is 8. The Kier molecular flexibility index (Phi) is 7.46. The van der Waals surface area contributed by atoms with Crippen LogP contribution < -0.4 is 5.32 Å². The normalized spacial score (nSPS) is 13.3. The summed E-state index contributed by atoms with van der Waals surface area (Å²) >= 11 is 0. The van der Waals surface area contributed by atoms with Crippen LogP contribution in [0.3, 0.4) is 0 Å². The molecule has 0 spiro atoms. The number of hydrogen-bond donors (Lipinski definition) is 1. The van der Waals surface area contributed by atoms with Gasteiger partial charge in [-0.05, 0) is 11.5 Å². The molecule has 5 heteroatoms. The molecule has 0 saturated heterocycles. The van der Waals surface area contributed by atoms with E-state index >= 15 is 0 Å². The maximum absolute atomic E-state index is 11.8. The molecule has 0 bridgehead atoms. The number of carbonyl (C=O) groups excluding carboxylic acids is 2. The molecule has 0 aliphatic carbocycles. The van der Waals surface area contributed by atoms with Crippen LogP contribution in [0.15, 0.2) is 30.3 Å². The monoisotopic (exact) mass is 293 g/mol. The van der Waals surface area contributed by atoms with Gasteiger partial charge in [-0.1, -0.05) is 50.6 Å². The SMILES string of the molecule is CC[C@H](C)[C@@H](NC(=O)COCc1ccccc1)C(=O)OC. The van der Waals surface area contributed by atoms with Crippen LogP contribution in [-0.2, 0) is 25.7 Å². The lowest BCUT2D eigenvalue weighted by molar-refractivity contribution is -0.147. The van der Waals surface area contributed by atoms with Gasteiger partial charge in [0, 0.05) is 0 Å². The lowest BCUT2D eigenvalue weighted by atomic mass is 9.99. The van der Waals surface area contributed by atoms with Crippen LogP contribution in [0.1, 0.15) is 25.8 Å². The minimum absolute atomic E-state index is 0.00974. The number of ether oxygens (including phenoxy) is 2. The largest absolute Gasteiger partial charge is 0.467 e. The molecule has 0 heterocycles. The number of nitrogens with one attached hydrogen (secondary N) is 1. The minimum Gasteiger partial charge on any atom is -0.467 e. The van der Waals surface area contributed by atoms with Crippen LogP contribution in [0.2, 0.25) is 0 Å². The first-order valence-corrected chi connectivity index (χ1v) is 7.07. The number of hydrogen-bond acceptors (Lipinski definition) is 4. The zero-order valence-corrected chi connectivity index (χ0v) is 12.8. The summed E-state index contributed by atoms with van der Waals surface area (Å²) in [6.07, 6.45) is 0.769. The summed E-state index contributed by atoms with van der Waals surface area (Å²) in [6.45, 7) is 4.13. The van der Waals surface area contributed by atoms with Crippen LogP contribution in [0.4, 0.5) is 0 Å². The molecule has 1 N–H and O–H groups in total. The van der Waals surface area contributed by atoms with Crippen molar-refractivity contribution in [1.82, 2.24) is 5.32 Å². The number of esters is 1. The average molecular weight is 293 g/mol. The van der Waals surface area contributed by atoms with Crippen LogP contribution >= 0.6 is 0 Å². The van der Waals surface area contributed by atoms with Crippen molar-refractivity contribution in [3.05, 3.63) is 35.9 Å². The van der Waals surface area contributed by atoms with Crippen molar-refractivity contribution in [1.29, 1.82) is 0 Å². The van der Waals surface area contributed by atoms with Gasteiger partial charge in [-0.25, -0.2) is 4.79 Å². The second-order valence-corrected chi connectivity index (χ2v) is 4.93. The highest BCUT2D eigenvalue weighted by Crippen LogP contribution is 2.09. The second-order valence-electron chi connectivity index (χ2n) is 4.93. The van der Waals surface area contributed by atoms with Gasteiger partial charge in [0.15, 0.2) is 0 Å². The number of benzene rings is 1. The van der Waals surface area contributed by atoms with Crippen LogP contribution in [0.25, 0.3) is 0 Å². The Labute approximate surface area is 125 Å². The van der Waals surface area contributed by atoms with Crippen molar-refractivity contribution < 1.29 is 19.1 Å². The third-order valence-electron chi connectivity index (χ3n) is 3.33. The molecule has 5 nitrogen and oxygen atoms in total. The van der Waals surface area contributed by atoms with Crippen molar-refractivity contribution in [2.24, 2.45) is 5.92 Å². The fourth-order valence-electron chi connectivity index (χ4n) is 1.85. The zero-order chi connectivity index (χ0) is 15.7. The minimum atomic E-state index is -0.632. The van der Waals surface area contributed by atoms with Gasteiger partial charge in [-0.3, -0.25) is 4.79 Å². The summed E-state index contributed by atoms with van der Waals surface area (Å²) in [6, 6.07) is 8.96. The summed E-state index contributed by atoms with van der Waals surface area (Å²) in [7, 11) is 1.32. The van der Waals surface area contributed by atoms with Crippen molar-refractivity contribution >= 4 is 11.9 Å². The van der Waals surface area contributed by atoms with Gasteiger partial charge in [0.25, 0.3) is 0 Å². The summed E-state index contributed by atoms with van der Waals surface area (Å²) in [4.78, 5) is 23.5. The van der Waals surface area contributed by atoms with E-state index in [1.807, 2.05) is 44.2 Å². The second kappa shape index (κ2) is 9.13. The average Bonchev–Trinajstić information content (AvgIpc) is 2.52. The van der Waals surface area contributed by atoms with Gasteiger partial charge in [0.1, 0.15) is 12.6 Å². The standard InChI is InChI=1S/C16H23NO4/c1-4-12(2)15(16(19)20-3)17-14(18)11-21-10-13-8-6-5-7-9-13/h5-9,12,15H,4,10-11H2,1-3H3,(H,17,18)/t12-,15+/m0/s1. The topological polar surface area (TPSA) is 64.6 Å². The lowest BCUT2D eigenvalue weighted by Gasteiger charge is -2.21. The van der Waals surface area contributed by atoms with E-state index < -0.39 is 12.0 Å². The summed E-state index contributed by atoms with van der Waals surface area (Å²) in [5.74, 6) is -0.738. The molecule has 0 aliphatic rings. The van der Waals surface area contributed by atoms with Crippen molar-refractivity contribution in [2.45, 2.75) is 32.9 Å². The molecule has 2 atom stereocenters. The Bertz CT molecular complexity index is 447. The smallest absolute Gasteiger partial charge is 0.328 e. The molecule has 1 amide bonds. The van der Waals surface area contributed by atoms with E-state index in [1.165, 1.54) is 7.11 Å². The van der Waals surface area contributed by atoms with Gasteiger partial charge in [0.05, 0.1) is 13.7 Å². The van der Waals surface area contributed by atoms with Crippen molar-refractivity contribution in [2.75, 3.05) is 13.7 Å². The fraction of sp³-hybridized carbons (Fsp3) is 0.500. The highest BCUT2D eigenvalue weighted by molar-refractivity contribution is 5.85. The predicted octanol–water partition coefficient (Wildman–Crippen LogP) is 1.91. The van der Waals surface area contributed by atoms with Crippen molar-refractivity contribution in [3.8, 4) is 0 Å². The Hall–Kier alpha value is -1.88. The first-order chi connectivity index (χ1) is 10.1. The maximum atomic E-state index is 11.8. The van der Waals surface area contributed by atoms with Gasteiger partial charge in [-0.15, -0.1) is 0 Å². The molecule has 1 aromatic rings. The van der Waals surface area contributed by atoms with Crippen LogP contribution in [0.5, 0.6) is 0 Å². The Balaban J connectivity index is 2.41. The lowest BCUT2D eigenvalue weighted by Crippen LogP contribution is -2.46. The molecule has 0 saturated carbocycles. The molecule has 1 aromatic carbocycles. The molecule has 0 aromatic heterocycles. The van der Waals surface area contributed by atoms with E-state index in [1.54, 1.807) is 0 Å². The quantitative estimate of drug-likeness (QED) is 0.744. The summed E-state index contributed by atoms with van der Waals surface area (Å²) < 4.78 is 10.1. The molecule has 1 rings (SSSR count). The van der Waals surface area contributed by atoms with Crippen LogP contribution in [-0.4, -0.2) is 31.6 Å². The Morgan fingerprint density at radius 1 is 1.24 bits per heavy atom. The predicted molar refractivity (Wildman–Crippen MR) is 79.5 cm³/mol. The Morgan fingerprint density at radius 2 is 1.90 bits per heavy atom. The molecular weight excluding hydrogens is 270 g/mol. The van der Waals surface area contributed by atoms with Gasteiger partial charge >= 0.3 is 5.97 Å². The van der Waals surface area contributed by atoms with E-state index in [-0.39, 0.29) is 18.4 Å². The number of methoxy groups -OCH3 is 1. The van der Waals surface area contributed by atoms with Crippen molar-refractivity contribution in [3.63, 3.8) is 0 Å². The first kappa shape index (κ1) is 17.2. The maximum Gasteiger partial charge on any atom is 0.328 e. The molecule has 0 radical (unpaired) electrons. The molecule has 0 fully saturated rings. The van der Waals surface area contributed by atoms with Gasteiger partial charge in [0.2, 0.25) is 5.91 Å². The van der Waals surface area contributed by atoms with E-state index in [0.29, 0.717) is 6.61 Å². The number of amides is 1. The summed E-state index contributed by atoms with van der Waals surface area (Å²) in [5.41, 5.74) is 0.997. The van der Waals surface area contributed by atoms with E-state index in [9.17, 15) is 9.59 Å². The third-order valence-corrected chi connectivity index (χ3v) is 3.33. The van der Waals surface area contributed by atoms with E-state index in [2.05, 4.69) is 5.32 Å². The summed E-state index contributed by atoms with van der Waals surface area (Å²) in [5, 5.41) is 2.67. The molecule has 21 heavy (non-hydrogen) atoms. The fourth-order valence-corrected chi connectivity index (χ4v) is 1.85. The molecule has 116 valence electrons. The molecule has 0 unspecified atom stereocenters. The Morgan fingerprint density at radius 3 is 2.48 bits per heavy atom. The molecule has 0 aliphatic heterocycles. The van der Waals surface area contributed by atoms with Crippen LogP contribution in [0, 0.1) is 5.92 Å². The third kappa shape index (κ3) is 5.95. The van der Waals surface area contributed by atoms with E-state index in [0.717, 1.165) is 12.0 Å². The number of carbonyl (C=O) groups is 2. The zero-order valence-electron chi connectivity index (χ0n) is 12.8.